The predicted molar refractivity (Wildman–Crippen MR) is 77.0 cm³/mol. The largest absolute Gasteiger partial charge is 0.451 e. The molecule has 0 bridgehead atoms. The molecule has 5 heteroatoms. The van der Waals surface area contributed by atoms with Crippen molar-refractivity contribution in [2.75, 3.05) is 0 Å². The predicted octanol–water partition coefficient (Wildman–Crippen LogP) is 4.96. The summed E-state index contributed by atoms with van der Waals surface area (Å²) in [4.78, 5) is 0. The molecule has 0 radical (unpaired) electrons. The average Bonchev–Trinajstić information content (AvgIpc) is 2.69. The number of halogens is 3. The van der Waals surface area contributed by atoms with Gasteiger partial charge in [-0.25, -0.2) is 0 Å². The third-order valence-corrected chi connectivity index (χ3v) is 4.40. The van der Waals surface area contributed by atoms with Crippen molar-refractivity contribution in [3.8, 4) is 0 Å². The van der Waals surface area contributed by atoms with Gasteiger partial charge in [-0.3, -0.25) is 0 Å². The van der Waals surface area contributed by atoms with Crippen LogP contribution in [0.4, 0.5) is 0 Å². The lowest BCUT2D eigenvalue weighted by atomic mass is 10.1. The van der Waals surface area contributed by atoms with Gasteiger partial charge in [0.1, 0.15) is 11.9 Å². The molecule has 1 atom stereocenters. The SMILES string of the molecule is Cc1cc(Br)c(C(O)c2ccc(Br)o2)cc1Br. The highest BCUT2D eigenvalue weighted by Crippen LogP contribution is 2.34. The van der Waals surface area contributed by atoms with E-state index in [1.165, 1.54) is 0 Å². The number of furan rings is 1. The lowest BCUT2D eigenvalue weighted by molar-refractivity contribution is 0.187. The van der Waals surface area contributed by atoms with E-state index in [0.717, 1.165) is 20.1 Å². The van der Waals surface area contributed by atoms with Crippen molar-refractivity contribution in [1.82, 2.24) is 0 Å². The molecule has 2 aromatic rings. The first kappa shape index (κ1) is 13.3. The topological polar surface area (TPSA) is 33.4 Å². The Morgan fingerprint density at radius 1 is 1.12 bits per heavy atom. The summed E-state index contributed by atoms with van der Waals surface area (Å²) in [7, 11) is 0. The summed E-state index contributed by atoms with van der Waals surface area (Å²) in [6.07, 6.45) is -0.785. The lowest BCUT2D eigenvalue weighted by Crippen LogP contribution is -2.00. The Morgan fingerprint density at radius 3 is 2.41 bits per heavy atom. The van der Waals surface area contributed by atoms with E-state index in [2.05, 4.69) is 47.8 Å². The highest BCUT2D eigenvalue weighted by Gasteiger charge is 2.18. The summed E-state index contributed by atoms with van der Waals surface area (Å²) >= 11 is 10.1. The van der Waals surface area contributed by atoms with Gasteiger partial charge in [-0.15, -0.1) is 0 Å². The normalized spacial score (nSPS) is 12.8. The summed E-state index contributed by atoms with van der Waals surface area (Å²) in [6, 6.07) is 7.35. The van der Waals surface area contributed by atoms with Crippen molar-refractivity contribution < 1.29 is 9.52 Å². The third kappa shape index (κ3) is 2.84. The van der Waals surface area contributed by atoms with Gasteiger partial charge in [0.25, 0.3) is 0 Å². The minimum atomic E-state index is -0.785. The highest BCUT2D eigenvalue weighted by atomic mass is 79.9. The van der Waals surface area contributed by atoms with Crippen LogP contribution in [0.3, 0.4) is 0 Å². The number of aliphatic hydroxyl groups is 1. The zero-order valence-electron chi connectivity index (χ0n) is 8.88. The van der Waals surface area contributed by atoms with Crippen LogP contribution in [-0.4, -0.2) is 5.11 Å². The minimum Gasteiger partial charge on any atom is -0.451 e. The maximum atomic E-state index is 10.2. The number of hydrogen-bond acceptors (Lipinski definition) is 2. The molecule has 17 heavy (non-hydrogen) atoms. The van der Waals surface area contributed by atoms with Crippen molar-refractivity contribution in [3.05, 3.63) is 54.8 Å². The lowest BCUT2D eigenvalue weighted by Gasteiger charge is -2.12. The van der Waals surface area contributed by atoms with Crippen molar-refractivity contribution in [1.29, 1.82) is 0 Å². The second-order valence-corrected chi connectivity index (χ2v) is 6.16. The van der Waals surface area contributed by atoms with E-state index in [-0.39, 0.29) is 0 Å². The molecule has 2 nitrogen and oxygen atoms in total. The van der Waals surface area contributed by atoms with Crippen LogP contribution < -0.4 is 0 Å². The Morgan fingerprint density at radius 2 is 1.82 bits per heavy atom. The van der Waals surface area contributed by atoms with E-state index in [0.29, 0.717) is 10.4 Å². The second kappa shape index (κ2) is 5.26. The molecule has 1 aromatic carbocycles. The van der Waals surface area contributed by atoms with Crippen LogP contribution in [-0.2, 0) is 0 Å². The molecule has 0 saturated carbocycles. The molecule has 1 N–H and O–H groups in total. The first-order valence-electron chi connectivity index (χ1n) is 4.88. The molecule has 2 rings (SSSR count). The van der Waals surface area contributed by atoms with Crippen molar-refractivity contribution >= 4 is 47.8 Å². The zero-order chi connectivity index (χ0) is 12.6. The van der Waals surface area contributed by atoms with Crippen molar-refractivity contribution in [2.24, 2.45) is 0 Å². The number of hydrogen-bond donors (Lipinski definition) is 1. The molecule has 0 spiro atoms. The van der Waals surface area contributed by atoms with Gasteiger partial charge in [-0.2, -0.15) is 0 Å². The van der Waals surface area contributed by atoms with E-state index in [1.807, 2.05) is 19.1 Å². The summed E-state index contributed by atoms with van der Waals surface area (Å²) in [5.74, 6) is 0.508. The summed E-state index contributed by atoms with van der Waals surface area (Å²) in [6.45, 7) is 1.99. The maximum absolute atomic E-state index is 10.2. The molecule has 90 valence electrons. The molecular formula is C12H9Br3O2. The number of aryl methyl sites for hydroxylation is 1. The van der Waals surface area contributed by atoms with Gasteiger partial charge < -0.3 is 9.52 Å². The monoisotopic (exact) mass is 422 g/mol. The van der Waals surface area contributed by atoms with Crippen molar-refractivity contribution in [2.45, 2.75) is 13.0 Å². The Labute approximate surface area is 124 Å². The molecule has 0 aliphatic heterocycles. The Kier molecular flexibility index (Phi) is 4.13. The quantitative estimate of drug-likeness (QED) is 0.739. The van der Waals surface area contributed by atoms with E-state index in [9.17, 15) is 5.11 Å². The van der Waals surface area contributed by atoms with Gasteiger partial charge in [0, 0.05) is 14.5 Å². The zero-order valence-corrected chi connectivity index (χ0v) is 13.6. The Balaban J connectivity index is 2.43. The van der Waals surface area contributed by atoms with Gasteiger partial charge >= 0.3 is 0 Å². The fourth-order valence-electron chi connectivity index (χ4n) is 1.50. The van der Waals surface area contributed by atoms with Crippen LogP contribution in [0, 0.1) is 6.92 Å². The molecular weight excluding hydrogens is 416 g/mol. The molecule has 0 aliphatic rings. The van der Waals surface area contributed by atoms with Crippen LogP contribution in [0.2, 0.25) is 0 Å². The average molecular weight is 425 g/mol. The van der Waals surface area contributed by atoms with Gasteiger partial charge in [0.15, 0.2) is 4.67 Å². The van der Waals surface area contributed by atoms with Gasteiger partial charge in [0.2, 0.25) is 0 Å². The summed E-state index contributed by atoms with van der Waals surface area (Å²) in [5.41, 5.74) is 1.87. The standard InChI is InChI=1S/C12H9Br3O2/c1-6-4-9(14)7(5-8(6)13)12(16)10-2-3-11(15)17-10/h2-5,12,16H,1H3. The van der Waals surface area contributed by atoms with Crippen LogP contribution in [0.1, 0.15) is 23.0 Å². The fourth-order valence-corrected chi connectivity index (χ4v) is 2.85. The number of rotatable bonds is 2. The van der Waals surface area contributed by atoms with Crippen LogP contribution in [0.15, 0.2) is 42.3 Å². The van der Waals surface area contributed by atoms with E-state index >= 15 is 0 Å². The second-order valence-electron chi connectivity index (χ2n) is 3.67. The van der Waals surface area contributed by atoms with E-state index < -0.39 is 6.10 Å². The van der Waals surface area contributed by atoms with Gasteiger partial charge in [0.05, 0.1) is 0 Å². The first-order chi connectivity index (χ1) is 7.99. The van der Waals surface area contributed by atoms with E-state index in [4.69, 9.17) is 4.42 Å². The van der Waals surface area contributed by atoms with Crippen LogP contribution in [0.5, 0.6) is 0 Å². The fraction of sp³-hybridized carbons (Fsp3) is 0.167. The summed E-state index contributed by atoms with van der Waals surface area (Å²) < 4.78 is 7.78. The molecule has 1 heterocycles. The smallest absolute Gasteiger partial charge is 0.169 e. The molecule has 1 aromatic heterocycles. The van der Waals surface area contributed by atoms with E-state index in [1.54, 1.807) is 12.1 Å². The van der Waals surface area contributed by atoms with Crippen LogP contribution >= 0.6 is 47.8 Å². The number of aliphatic hydroxyl groups excluding tert-OH is 1. The number of benzene rings is 1. The molecule has 0 fully saturated rings. The Bertz CT molecular complexity index is 549. The minimum absolute atomic E-state index is 0.508. The highest BCUT2D eigenvalue weighted by molar-refractivity contribution is 9.11. The Hall–Kier alpha value is -0.100. The van der Waals surface area contributed by atoms with Crippen LogP contribution in [0.25, 0.3) is 0 Å². The first-order valence-corrected chi connectivity index (χ1v) is 7.26. The summed E-state index contributed by atoms with van der Waals surface area (Å²) in [5, 5.41) is 10.2. The third-order valence-electron chi connectivity index (χ3n) is 2.44. The molecule has 0 amide bonds. The molecule has 0 saturated heterocycles. The van der Waals surface area contributed by atoms with Gasteiger partial charge in [-0.05, 0) is 52.7 Å². The molecule has 1 unspecified atom stereocenters. The van der Waals surface area contributed by atoms with Gasteiger partial charge in [-0.1, -0.05) is 31.9 Å². The molecule has 0 aliphatic carbocycles. The van der Waals surface area contributed by atoms with Crippen molar-refractivity contribution in [3.63, 3.8) is 0 Å². The maximum Gasteiger partial charge on any atom is 0.169 e.